The Hall–Kier alpha value is -1.10. The van der Waals surface area contributed by atoms with Crippen molar-refractivity contribution in [1.29, 1.82) is 0 Å². The molecule has 0 atom stereocenters. The largest absolute Gasteiger partial charge is 0.479 e. The van der Waals surface area contributed by atoms with Gasteiger partial charge in [0.05, 0.1) is 11.2 Å². The summed E-state index contributed by atoms with van der Waals surface area (Å²) in [6, 6.07) is 0. The van der Waals surface area contributed by atoms with Gasteiger partial charge >= 0.3 is 5.97 Å². The molecule has 0 amide bonds. The molecule has 0 aliphatic carbocycles. The maximum atomic E-state index is 10.0. The molecule has 1 aromatic heterocycles. The Kier molecular flexibility index (Phi) is 2.43. The first-order valence-corrected chi connectivity index (χ1v) is 3.77. The molecule has 1 N–H and O–H groups in total. The second-order valence-corrected chi connectivity index (χ2v) is 3.08. The summed E-state index contributed by atoms with van der Waals surface area (Å²) in [7, 11) is 0. The van der Waals surface area contributed by atoms with E-state index >= 15 is 0 Å². The highest BCUT2D eigenvalue weighted by atomic mass is 32.1. The van der Waals surface area contributed by atoms with Gasteiger partial charge in [-0.25, -0.2) is 9.78 Å². The number of aliphatic carboxylic acids is 1. The Bertz CT molecular complexity index is 258. The van der Waals surface area contributed by atoms with E-state index in [4.69, 9.17) is 9.84 Å². The van der Waals surface area contributed by atoms with Gasteiger partial charge in [0.25, 0.3) is 0 Å². The van der Waals surface area contributed by atoms with E-state index in [0.717, 1.165) is 5.01 Å². The minimum Gasteiger partial charge on any atom is -0.479 e. The minimum absolute atomic E-state index is 0.304. The lowest BCUT2D eigenvalue weighted by Crippen LogP contribution is -2.08. The monoisotopic (exact) mass is 173 g/mol. The number of carboxylic acid groups (broad SMARTS) is 1. The highest BCUT2D eigenvalue weighted by molar-refractivity contribution is 7.13. The summed E-state index contributed by atoms with van der Waals surface area (Å²) in [5.74, 6) is -0.976. The Labute approximate surface area is 67.5 Å². The zero-order valence-electron chi connectivity index (χ0n) is 5.90. The van der Waals surface area contributed by atoms with Crippen molar-refractivity contribution in [3.63, 3.8) is 0 Å². The molecule has 0 unspecified atom stereocenters. The molecule has 11 heavy (non-hydrogen) atoms. The summed E-state index contributed by atoms with van der Waals surface area (Å²) >= 11 is 1.33. The highest BCUT2D eigenvalue weighted by Gasteiger charge is 2.01. The molecule has 4 nitrogen and oxygen atoms in total. The van der Waals surface area contributed by atoms with Crippen molar-refractivity contribution in [2.45, 2.75) is 6.92 Å². The number of aryl methyl sites for hydroxylation is 1. The number of rotatable bonds is 3. The number of nitrogens with zero attached hydrogens (tertiary/aromatic N) is 1. The standard InChI is InChI=1S/C6H7NO3S/c1-4-7-2-6(11-4)10-3-5(8)9/h2H,3H2,1H3,(H,8,9). The summed E-state index contributed by atoms with van der Waals surface area (Å²) in [5.41, 5.74) is 0. The number of aromatic nitrogens is 1. The third-order valence-electron chi connectivity index (χ3n) is 0.938. The van der Waals surface area contributed by atoms with Gasteiger partial charge in [0.15, 0.2) is 11.7 Å². The van der Waals surface area contributed by atoms with Crippen LogP contribution < -0.4 is 4.74 Å². The van der Waals surface area contributed by atoms with Gasteiger partial charge in [-0.2, -0.15) is 0 Å². The number of hydrogen-bond acceptors (Lipinski definition) is 4. The number of thiazole rings is 1. The average Bonchev–Trinajstić information content (AvgIpc) is 2.31. The van der Waals surface area contributed by atoms with Crippen molar-refractivity contribution in [2.75, 3.05) is 6.61 Å². The van der Waals surface area contributed by atoms with Crippen molar-refractivity contribution < 1.29 is 14.6 Å². The van der Waals surface area contributed by atoms with Crippen molar-refractivity contribution in [3.05, 3.63) is 11.2 Å². The predicted molar refractivity (Wildman–Crippen MR) is 40.0 cm³/mol. The van der Waals surface area contributed by atoms with Crippen LogP contribution in [0.2, 0.25) is 0 Å². The molecule has 1 aromatic rings. The first kappa shape index (κ1) is 8.00. The predicted octanol–water partition coefficient (Wildman–Crippen LogP) is 0.915. The lowest BCUT2D eigenvalue weighted by Gasteiger charge is -1.95. The lowest BCUT2D eigenvalue weighted by molar-refractivity contribution is -0.139. The molecule has 0 saturated carbocycles. The SMILES string of the molecule is Cc1ncc(OCC(=O)O)s1. The van der Waals surface area contributed by atoms with Gasteiger partial charge in [0.1, 0.15) is 0 Å². The second kappa shape index (κ2) is 3.34. The van der Waals surface area contributed by atoms with E-state index < -0.39 is 5.97 Å². The maximum absolute atomic E-state index is 10.0. The molecular weight excluding hydrogens is 166 g/mol. The van der Waals surface area contributed by atoms with E-state index in [2.05, 4.69) is 4.98 Å². The fourth-order valence-corrected chi connectivity index (χ4v) is 1.16. The van der Waals surface area contributed by atoms with Crippen LogP contribution in [0.4, 0.5) is 0 Å². The van der Waals surface area contributed by atoms with Gasteiger partial charge in [-0.3, -0.25) is 0 Å². The van der Waals surface area contributed by atoms with Crippen LogP contribution >= 0.6 is 11.3 Å². The van der Waals surface area contributed by atoms with Gasteiger partial charge in [-0.05, 0) is 6.92 Å². The van der Waals surface area contributed by atoms with Gasteiger partial charge < -0.3 is 9.84 Å². The van der Waals surface area contributed by atoms with E-state index in [1.807, 2.05) is 6.92 Å². The molecule has 0 aliphatic heterocycles. The smallest absolute Gasteiger partial charge is 0.341 e. The molecule has 60 valence electrons. The topological polar surface area (TPSA) is 59.4 Å². The molecule has 1 heterocycles. The Morgan fingerprint density at radius 1 is 1.91 bits per heavy atom. The number of carboxylic acids is 1. The highest BCUT2D eigenvalue weighted by Crippen LogP contribution is 2.19. The van der Waals surface area contributed by atoms with E-state index in [9.17, 15) is 4.79 Å². The third-order valence-corrected chi connectivity index (χ3v) is 1.76. The van der Waals surface area contributed by atoms with Crippen LogP contribution in [0.25, 0.3) is 0 Å². The molecule has 0 aromatic carbocycles. The fourth-order valence-electron chi connectivity index (χ4n) is 0.541. The Balaban J connectivity index is 2.45. The van der Waals surface area contributed by atoms with E-state index in [1.165, 1.54) is 17.5 Å². The minimum atomic E-state index is -0.976. The van der Waals surface area contributed by atoms with Crippen molar-refractivity contribution >= 4 is 17.3 Å². The van der Waals surface area contributed by atoms with Crippen LogP contribution in [-0.4, -0.2) is 22.7 Å². The molecule has 1 rings (SSSR count). The molecule has 0 aliphatic rings. The fraction of sp³-hybridized carbons (Fsp3) is 0.333. The lowest BCUT2D eigenvalue weighted by atomic mass is 10.7. The van der Waals surface area contributed by atoms with Crippen LogP contribution in [0.15, 0.2) is 6.20 Å². The summed E-state index contributed by atoms with van der Waals surface area (Å²) < 4.78 is 4.84. The summed E-state index contributed by atoms with van der Waals surface area (Å²) in [5, 5.41) is 9.65. The van der Waals surface area contributed by atoms with Gasteiger partial charge in [-0.15, -0.1) is 0 Å². The molecule has 0 radical (unpaired) electrons. The zero-order chi connectivity index (χ0) is 8.27. The van der Waals surface area contributed by atoms with Gasteiger partial charge in [0, 0.05) is 0 Å². The first-order chi connectivity index (χ1) is 5.18. The first-order valence-electron chi connectivity index (χ1n) is 2.95. The zero-order valence-corrected chi connectivity index (χ0v) is 6.72. The van der Waals surface area contributed by atoms with E-state index in [1.54, 1.807) is 0 Å². The van der Waals surface area contributed by atoms with E-state index in [-0.39, 0.29) is 6.61 Å². The van der Waals surface area contributed by atoms with Gasteiger partial charge in [-0.1, -0.05) is 11.3 Å². The molecular formula is C6H7NO3S. The molecule has 0 spiro atoms. The molecule has 0 bridgehead atoms. The normalized spacial score (nSPS) is 9.55. The van der Waals surface area contributed by atoms with Crippen molar-refractivity contribution in [3.8, 4) is 5.06 Å². The number of hydrogen-bond donors (Lipinski definition) is 1. The Morgan fingerprint density at radius 2 is 2.64 bits per heavy atom. The number of ether oxygens (including phenoxy) is 1. The quantitative estimate of drug-likeness (QED) is 0.738. The van der Waals surface area contributed by atoms with Crippen molar-refractivity contribution in [2.24, 2.45) is 0 Å². The summed E-state index contributed by atoms with van der Waals surface area (Å²) in [6.07, 6.45) is 1.52. The van der Waals surface area contributed by atoms with Crippen LogP contribution in [0.1, 0.15) is 5.01 Å². The van der Waals surface area contributed by atoms with Gasteiger partial charge in [0.2, 0.25) is 0 Å². The Morgan fingerprint density at radius 3 is 3.09 bits per heavy atom. The van der Waals surface area contributed by atoms with Crippen LogP contribution in [-0.2, 0) is 4.79 Å². The molecule has 5 heteroatoms. The van der Waals surface area contributed by atoms with Crippen molar-refractivity contribution in [1.82, 2.24) is 4.98 Å². The van der Waals surface area contributed by atoms with E-state index in [0.29, 0.717) is 5.06 Å². The summed E-state index contributed by atoms with van der Waals surface area (Å²) in [6.45, 7) is 1.53. The number of carbonyl (C=O) groups is 1. The van der Waals surface area contributed by atoms with Crippen LogP contribution in [0.5, 0.6) is 5.06 Å². The second-order valence-electron chi connectivity index (χ2n) is 1.88. The third kappa shape index (κ3) is 2.55. The average molecular weight is 173 g/mol. The van der Waals surface area contributed by atoms with Crippen LogP contribution in [0, 0.1) is 6.92 Å². The molecule has 0 fully saturated rings. The summed E-state index contributed by atoms with van der Waals surface area (Å²) in [4.78, 5) is 13.9. The van der Waals surface area contributed by atoms with Crippen LogP contribution in [0.3, 0.4) is 0 Å². The molecule has 0 saturated heterocycles. The maximum Gasteiger partial charge on any atom is 0.341 e.